The number of pyridine rings is 1. The molecular weight excluding hydrogens is 652 g/mol. The highest BCUT2D eigenvalue weighted by molar-refractivity contribution is 6.00. The summed E-state index contributed by atoms with van der Waals surface area (Å²) in [6, 6.07) is 3.56. The van der Waals surface area contributed by atoms with Crippen molar-refractivity contribution in [3.05, 3.63) is 52.9 Å². The Morgan fingerprint density at radius 1 is 1.06 bits per heavy atom. The van der Waals surface area contributed by atoms with Crippen LogP contribution in [0.15, 0.2) is 47.3 Å². The average Bonchev–Trinajstić information content (AvgIpc) is 3.37. The summed E-state index contributed by atoms with van der Waals surface area (Å²) in [5, 5.41) is 6.89. The first kappa shape index (κ1) is 39.9. The van der Waals surface area contributed by atoms with Gasteiger partial charge in [0.05, 0.1) is 6.42 Å². The summed E-state index contributed by atoms with van der Waals surface area (Å²) in [7, 11) is 1.90. The van der Waals surface area contributed by atoms with Gasteiger partial charge in [-0.15, -0.1) is 0 Å². The van der Waals surface area contributed by atoms with Gasteiger partial charge in [0.15, 0.2) is 5.78 Å². The second-order valence-corrected chi connectivity index (χ2v) is 19.3. The zero-order valence-corrected chi connectivity index (χ0v) is 33.5. The Morgan fingerprint density at radius 2 is 1.71 bits per heavy atom. The fraction of sp³-hybridized carbons (Fsp3) is 0.705. The van der Waals surface area contributed by atoms with Crippen LogP contribution < -0.4 is 0 Å². The number of nitrogens with zero attached hydrogens (tertiary/aromatic N) is 2. The van der Waals surface area contributed by atoms with Crippen LogP contribution in [0.4, 0.5) is 0 Å². The summed E-state index contributed by atoms with van der Waals surface area (Å²) < 4.78 is 6.26. The van der Waals surface area contributed by atoms with Gasteiger partial charge in [-0.25, -0.2) is 0 Å². The van der Waals surface area contributed by atoms with Crippen LogP contribution in [-0.4, -0.2) is 58.8 Å². The Kier molecular flexibility index (Phi) is 11.1. The maximum atomic E-state index is 13.9. The molecule has 0 spiro atoms. The number of esters is 1. The second kappa shape index (κ2) is 14.5. The van der Waals surface area contributed by atoms with Gasteiger partial charge in [0.1, 0.15) is 6.10 Å². The minimum absolute atomic E-state index is 0.0131. The van der Waals surface area contributed by atoms with E-state index in [0.717, 1.165) is 56.9 Å². The number of Topliss-reactive ketones (excluding diaryl/α,β-unsaturated/α-hetero) is 1. The first-order valence-corrected chi connectivity index (χ1v) is 19.7. The van der Waals surface area contributed by atoms with Crippen molar-refractivity contribution in [1.82, 2.24) is 9.88 Å². The Hall–Kier alpha value is -3.29. The fourth-order valence-corrected chi connectivity index (χ4v) is 12.0. The van der Waals surface area contributed by atoms with Gasteiger partial charge in [0.2, 0.25) is 0 Å². The third kappa shape index (κ3) is 7.04. The van der Waals surface area contributed by atoms with Gasteiger partial charge in [-0.2, -0.15) is 0 Å². The second-order valence-electron chi connectivity index (χ2n) is 19.3. The van der Waals surface area contributed by atoms with Gasteiger partial charge < -0.3 is 14.7 Å². The van der Waals surface area contributed by atoms with Gasteiger partial charge in [0, 0.05) is 48.8 Å². The lowest BCUT2D eigenvalue weighted by molar-refractivity contribution is -0.163. The molecule has 6 rings (SSSR count). The summed E-state index contributed by atoms with van der Waals surface area (Å²) in [6.07, 6.45) is 15.1. The number of carbonyl (C=O) groups is 4. The highest BCUT2D eigenvalue weighted by Gasteiger charge is 2.64. The molecule has 0 bridgehead atoms. The van der Waals surface area contributed by atoms with Crippen LogP contribution in [0.3, 0.4) is 0 Å². The standard InChI is InChI=1S/C43H62N2O4.CH2O2/c1-27(2)36-31(46)25-43(21-24-45(10)38(48)28-16-22-44-23-17-28)20-13-30-29(37(36)43)11-12-33-41(30,8)18-14-32-40(6,7)34(15-19-42(32,33)9)49-35(47)26-39(3,4)5;2-1-3/h14,16-17,22-23,27,29-30,33-34H,11-13,15,18-21,24-26H2,1-10H3;1H,(H,2,3). The molecule has 5 aliphatic rings. The SMILES string of the molecule is CC(C)C1=C2C3CCC4C5(C)CCC(OC(=O)CC(C)(C)C)C(C)(C)C5=CCC4(C)C3CCC2(CCN(C)C(=O)c2ccncc2)CC1=O.O=CO. The summed E-state index contributed by atoms with van der Waals surface area (Å²) in [5.41, 5.74) is 4.52. The molecule has 1 N–H and O–H groups in total. The van der Waals surface area contributed by atoms with E-state index in [2.05, 4.69) is 73.4 Å². The lowest BCUT2D eigenvalue weighted by Gasteiger charge is -2.66. The van der Waals surface area contributed by atoms with E-state index in [-0.39, 0.29) is 57.4 Å². The van der Waals surface area contributed by atoms with Crippen molar-refractivity contribution in [2.75, 3.05) is 13.6 Å². The number of carbonyl (C=O) groups excluding carboxylic acids is 3. The topological polar surface area (TPSA) is 114 Å². The van der Waals surface area contributed by atoms with Crippen molar-refractivity contribution in [2.45, 2.75) is 133 Å². The molecule has 52 heavy (non-hydrogen) atoms. The van der Waals surface area contributed by atoms with Crippen LogP contribution in [0.5, 0.6) is 0 Å². The molecule has 286 valence electrons. The number of amides is 1. The molecule has 1 heterocycles. The van der Waals surface area contributed by atoms with E-state index in [1.165, 1.54) is 11.1 Å². The molecule has 5 aliphatic carbocycles. The number of ketones is 1. The summed E-state index contributed by atoms with van der Waals surface area (Å²) in [5.74, 6) is 2.00. The predicted octanol–water partition coefficient (Wildman–Crippen LogP) is 9.10. The Morgan fingerprint density at radius 3 is 2.33 bits per heavy atom. The Balaban J connectivity index is 0.00000168. The monoisotopic (exact) mass is 716 g/mol. The Labute approximate surface area is 312 Å². The zero-order chi connectivity index (χ0) is 38.4. The van der Waals surface area contributed by atoms with E-state index in [4.69, 9.17) is 14.6 Å². The number of allylic oxidation sites excluding steroid dienone is 3. The number of rotatable bonds is 7. The van der Waals surface area contributed by atoms with Gasteiger partial charge in [-0.3, -0.25) is 24.2 Å². The molecule has 1 amide bonds. The largest absolute Gasteiger partial charge is 0.483 e. The Bertz CT molecular complexity index is 1600. The molecule has 8 nitrogen and oxygen atoms in total. The van der Waals surface area contributed by atoms with E-state index >= 15 is 0 Å². The number of carboxylic acid groups (broad SMARTS) is 1. The van der Waals surface area contributed by atoms with E-state index in [1.54, 1.807) is 24.5 Å². The first-order valence-electron chi connectivity index (χ1n) is 19.7. The predicted molar refractivity (Wildman–Crippen MR) is 203 cm³/mol. The van der Waals surface area contributed by atoms with Crippen molar-refractivity contribution in [3.8, 4) is 0 Å². The lowest BCUT2D eigenvalue weighted by Crippen LogP contribution is -2.59. The number of ether oxygens (including phenoxy) is 1. The maximum Gasteiger partial charge on any atom is 0.306 e. The normalized spacial score (nSPS) is 33.4. The molecule has 3 saturated carbocycles. The van der Waals surface area contributed by atoms with Gasteiger partial charge in [-0.1, -0.05) is 79.5 Å². The van der Waals surface area contributed by atoms with Crippen LogP contribution >= 0.6 is 0 Å². The number of fused-ring (bicyclic) bond motifs is 7. The molecule has 7 unspecified atom stereocenters. The van der Waals surface area contributed by atoms with Crippen molar-refractivity contribution < 1.29 is 29.0 Å². The smallest absolute Gasteiger partial charge is 0.306 e. The maximum absolute atomic E-state index is 13.9. The number of hydrogen-bond acceptors (Lipinski definition) is 6. The van der Waals surface area contributed by atoms with Crippen LogP contribution in [0.2, 0.25) is 0 Å². The van der Waals surface area contributed by atoms with E-state index in [9.17, 15) is 14.4 Å². The molecular formula is C44H64N2O6. The van der Waals surface area contributed by atoms with E-state index in [0.29, 0.717) is 48.5 Å². The van der Waals surface area contributed by atoms with Crippen molar-refractivity contribution >= 4 is 24.1 Å². The minimum Gasteiger partial charge on any atom is -0.483 e. The van der Waals surface area contributed by atoms with E-state index < -0.39 is 0 Å². The van der Waals surface area contributed by atoms with Crippen LogP contribution in [0.1, 0.15) is 137 Å². The highest BCUT2D eigenvalue weighted by Crippen LogP contribution is 2.72. The summed E-state index contributed by atoms with van der Waals surface area (Å²) >= 11 is 0. The minimum atomic E-state index is -0.250. The molecule has 1 aromatic heterocycles. The molecule has 7 atom stereocenters. The fourth-order valence-electron chi connectivity index (χ4n) is 12.0. The number of aromatic nitrogens is 1. The molecule has 0 saturated heterocycles. The molecule has 3 fully saturated rings. The zero-order valence-electron chi connectivity index (χ0n) is 33.5. The third-order valence-corrected chi connectivity index (χ3v) is 14.1. The van der Waals surface area contributed by atoms with Gasteiger partial charge in [-0.05, 0) is 109 Å². The van der Waals surface area contributed by atoms with Gasteiger partial charge in [0.25, 0.3) is 12.4 Å². The van der Waals surface area contributed by atoms with Crippen LogP contribution in [-0.2, 0) is 19.1 Å². The molecule has 0 aliphatic heterocycles. The van der Waals surface area contributed by atoms with Crippen LogP contribution in [0.25, 0.3) is 0 Å². The average molecular weight is 717 g/mol. The summed E-state index contributed by atoms with van der Waals surface area (Å²) in [6.45, 7) is 20.8. The van der Waals surface area contributed by atoms with Gasteiger partial charge >= 0.3 is 5.97 Å². The van der Waals surface area contributed by atoms with Crippen molar-refractivity contribution in [1.29, 1.82) is 0 Å². The highest BCUT2D eigenvalue weighted by atomic mass is 16.5. The first-order chi connectivity index (χ1) is 24.3. The molecule has 0 aromatic carbocycles. The molecule has 1 aromatic rings. The lowest BCUT2D eigenvalue weighted by atomic mass is 9.39. The summed E-state index contributed by atoms with van der Waals surface area (Å²) in [4.78, 5) is 54.5. The van der Waals surface area contributed by atoms with Crippen LogP contribution in [0, 0.1) is 50.7 Å². The molecule has 0 radical (unpaired) electrons. The third-order valence-electron chi connectivity index (χ3n) is 14.1. The quantitative estimate of drug-likeness (QED) is 0.170. The molecule has 8 heteroatoms. The number of hydrogen-bond donors (Lipinski definition) is 1. The van der Waals surface area contributed by atoms with Crippen molar-refractivity contribution in [2.24, 2.45) is 50.7 Å². The van der Waals surface area contributed by atoms with E-state index in [1.807, 2.05) is 11.9 Å². The van der Waals surface area contributed by atoms with Crippen molar-refractivity contribution in [3.63, 3.8) is 0 Å².